The van der Waals surface area contributed by atoms with Crippen LogP contribution in [0.15, 0.2) is 24.3 Å². The fourth-order valence-electron chi connectivity index (χ4n) is 1.39. The van der Waals surface area contributed by atoms with Gasteiger partial charge >= 0.3 is 0 Å². The molecule has 4 heteroatoms. The van der Waals surface area contributed by atoms with Gasteiger partial charge in [-0.1, -0.05) is 26.0 Å². The first-order valence-corrected chi connectivity index (χ1v) is 6.45. The van der Waals surface area contributed by atoms with Crippen molar-refractivity contribution in [2.75, 3.05) is 0 Å². The molecule has 0 saturated carbocycles. The minimum Gasteiger partial charge on any atom is -0.471 e. The Hall–Kier alpha value is -1.35. The molecule has 0 aliphatic carbocycles. The number of para-hydroxylation sites is 1. The van der Waals surface area contributed by atoms with E-state index in [4.69, 9.17) is 16.3 Å². The lowest BCUT2D eigenvalue weighted by atomic mass is 10.2. The molecular formula is C14H19ClN2O. The molecule has 0 atom stereocenters. The molecule has 0 spiro atoms. The minimum atomic E-state index is -0.305. The molecular weight excluding hydrogens is 248 g/mol. The molecule has 18 heavy (non-hydrogen) atoms. The Morgan fingerprint density at radius 2 is 1.67 bits per heavy atom. The lowest BCUT2D eigenvalue weighted by Crippen LogP contribution is -2.23. The molecule has 0 radical (unpaired) electrons. The summed E-state index contributed by atoms with van der Waals surface area (Å²) in [5.41, 5.74) is 0.488. The van der Waals surface area contributed by atoms with Crippen molar-refractivity contribution in [3.05, 3.63) is 29.5 Å². The highest BCUT2D eigenvalue weighted by atomic mass is 35.5. The number of fused-ring (bicyclic) bond motifs is 1. The smallest absolute Gasteiger partial charge is 0.226 e. The summed E-state index contributed by atoms with van der Waals surface area (Å²) in [6, 6.07) is 7.65. The largest absolute Gasteiger partial charge is 0.471 e. The second-order valence-corrected chi connectivity index (χ2v) is 4.87. The highest BCUT2D eigenvalue weighted by Gasteiger charge is 2.16. The summed E-state index contributed by atoms with van der Waals surface area (Å²) in [4.78, 5) is 8.26. The van der Waals surface area contributed by atoms with Crippen molar-refractivity contribution in [1.82, 2.24) is 9.97 Å². The van der Waals surface area contributed by atoms with Gasteiger partial charge in [-0.3, -0.25) is 0 Å². The lowest BCUT2D eigenvalue weighted by molar-refractivity contribution is 0.126. The van der Waals surface area contributed by atoms with E-state index in [1.807, 2.05) is 58.9 Å². The summed E-state index contributed by atoms with van der Waals surface area (Å²) in [5, 5.41) is 1.08. The van der Waals surface area contributed by atoms with Crippen LogP contribution in [0.25, 0.3) is 10.9 Å². The predicted octanol–water partition coefficient (Wildman–Crippen LogP) is 4.49. The number of hydrogen-bond acceptors (Lipinski definition) is 3. The molecule has 0 aliphatic heterocycles. The van der Waals surface area contributed by atoms with Crippen molar-refractivity contribution in [2.45, 2.75) is 40.2 Å². The summed E-state index contributed by atoms with van der Waals surface area (Å²) in [6.45, 7) is 9.91. The van der Waals surface area contributed by atoms with Crippen LogP contribution in [0, 0.1) is 0 Å². The van der Waals surface area contributed by atoms with Crippen LogP contribution in [0.3, 0.4) is 0 Å². The average Bonchev–Trinajstić information content (AvgIpc) is 2.29. The van der Waals surface area contributed by atoms with Crippen LogP contribution in [-0.4, -0.2) is 15.6 Å². The molecule has 0 unspecified atom stereocenters. The summed E-state index contributed by atoms with van der Waals surface area (Å²) in [5.74, 6) is 0.531. The molecule has 2 rings (SSSR count). The molecule has 1 aromatic heterocycles. The van der Waals surface area contributed by atoms with E-state index >= 15 is 0 Å². The van der Waals surface area contributed by atoms with Crippen molar-refractivity contribution in [3.8, 4) is 5.88 Å². The van der Waals surface area contributed by atoms with Gasteiger partial charge in [-0.25, -0.2) is 4.98 Å². The molecule has 1 heterocycles. The van der Waals surface area contributed by atoms with Gasteiger partial charge in [-0.05, 0) is 44.5 Å². The molecule has 0 aliphatic rings. The Kier molecular flexibility index (Phi) is 4.91. The van der Waals surface area contributed by atoms with Gasteiger partial charge < -0.3 is 4.74 Å². The van der Waals surface area contributed by atoms with E-state index in [1.165, 1.54) is 0 Å². The number of halogens is 1. The van der Waals surface area contributed by atoms with Gasteiger partial charge in [0.15, 0.2) is 0 Å². The molecule has 0 N–H and O–H groups in total. The van der Waals surface area contributed by atoms with Crippen molar-refractivity contribution < 1.29 is 4.74 Å². The molecule has 0 bridgehead atoms. The van der Waals surface area contributed by atoms with Gasteiger partial charge in [-0.2, -0.15) is 4.98 Å². The van der Waals surface area contributed by atoms with Gasteiger partial charge in [0.25, 0.3) is 0 Å². The maximum Gasteiger partial charge on any atom is 0.226 e. The predicted molar refractivity (Wildman–Crippen MR) is 76.3 cm³/mol. The number of aromatic nitrogens is 2. The normalized spacial score (nSPS) is 10.8. The molecule has 98 valence electrons. The van der Waals surface area contributed by atoms with Gasteiger partial charge in [-0.15, -0.1) is 0 Å². The summed E-state index contributed by atoms with van der Waals surface area (Å²) in [7, 11) is 0. The first kappa shape index (κ1) is 14.7. The fraction of sp³-hybridized carbons (Fsp3) is 0.429. The maximum atomic E-state index is 5.85. The number of hydrogen-bond donors (Lipinski definition) is 0. The maximum absolute atomic E-state index is 5.85. The van der Waals surface area contributed by atoms with E-state index < -0.39 is 0 Å². The van der Waals surface area contributed by atoms with Crippen molar-refractivity contribution >= 4 is 22.5 Å². The third kappa shape index (κ3) is 3.84. The molecule has 0 fully saturated rings. The van der Waals surface area contributed by atoms with E-state index in [2.05, 4.69) is 9.97 Å². The van der Waals surface area contributed by atoms with E-state index in [1.54, 1.807) is 0 Å². The zero-order valence-corrected chi connectivity index (χ0v) is 12.2. The van der Waals surface area contributed by atoms with E-state index in [0.717, 1.165) is 10.9 Å². The first-order chi connectivity index (χ1) is 8.46. The van der Waals surface area contributed by atoms with Crippen LogP contribution in [-0.2, 0) is 0 Å². The van der Waals surface area contributed by atoms with Crippen molar-refractivity contribution in [1.29, 1.82) is 0 Å². The van der Waals surface area contributed by atoms with Crippen LogP contribution in [0.4, 0.5) is 0 Å². The topological polar surface area (TPSA) is 35.0 Å². The zero-order chi connectivity index (χ0) is 13.8. The molecule has 2 aromatic rings. The lowest BCUT2D eigenvalue weighted by Gasteiger charge is -2.21. The van der Waals surface area contributed by atoms with Gasteiger partial charge in [0.05, 0.1) is 10.9 Å². The second kappa shape index (κ2) is 6.01. The van der Waals surface area contributed by atoms with E-state index in [-0.39, 0.29) is 10.9 Å². The number of rotatable bonds is 1. The third-order valence-electron chi connectivity index (χ3n) is 1.94. The second-order valence-electron chi connectivity index (χ2n) is 4.53. The molecule has 3 nitrogen and oxygen atoms in total. The van der Waals surface area contributed by atoms with Crippen molar-refractivity contribution in [3.63, 3.8) is 0 Å². The van der Waals surface area contributed by atoms with Crippen LogP contribution in [0.1, 0.15) is 34.6 Å². The quantitative estimate of drug-likeness (QED) is 0.714. The molecule has 0 saturated heterocycles. The average molecular weight is 267 g/mol. The van der Waals surface area contributed by atoms with E-state index in [0.29, 0.717) is 5.88 Å². The molecule has 0 amide bonds. The highest BCUT2D eigenvalue weighted by molar-refractivity contribution is 6.28. The van der Waals surface area contributed by atoms with Crippen LogP contribution in [0.5, 0.6) is 5.88 Å². The number of nitrogens with zero attached hydrogens (tertiary/aromatic N) is 2. The summed E-state index contributed by atoms with van der Waals surface area (Å²) < 4.78 is 5.76. The Balaban J connectivity index is 0.000000771. The Bertz CT molecular complexity index is 521. The molecule has 1 aromatic carbocycles. The Morgan fingerprint density at radius 3 is 2.28 bits per heavy atom. The fourth-order valence-corrected chi connectivity index (χ4v) is 1.56. The van der Waals surface area contributed by atoms with Gasteiger partial charge in [0.1, 0.15) is 5.60 Å². The van der Waals surface area contributed by atoms with E-state index in [9.17, 15) is 0 Å². The summed E-state index contributed by atoms with van der Waals surface area (Å²) in [6.07, 6.45) is 0. The Morgan fingerprint density at radius 1 is 1.06 bits per heavy atom. The van der Waals surface area contributed by atoms with Gasteiger partial charge in [0, 0.05) is 0 Å². The SMILES string of the molecule is CC.CC(C)(C)Oc1nc(Cl)nc2ccccc12. The minimum absolute atomic E-state index is 0.206. The highest BCUT2D eigenvalue weighted by Crippen LogP contribution is 2.26. The van der Waals surface area contributed by atoms with Crippen molar-refractivity contribution in [2.24, 2.45) is 0 Å². The van der Waals surface area contributed by atoms with Gasteiger partial charge in [0.2, 0.25) is 11.2 Å². The Labute approximate surface area is 113 Å². The van der Waals surface area contributed by atoms with Crippen LogP contribution < -0.4 is 4.74 Å². The third-order valence-corrected chi connectivity index (χ3v) is 2.11. The number of benzene rings is 1. The first-order valence-electron chi connectivity index (χ1n) is 6.07. The standard InChI is InChI=1S/C12H13ClN2O.C2H6/c1-12(2,3)16-10-8-6-4-5-7-9(8)14-11(13)15-10;1-2/h4-7H,1-3H3;1-2H3. The van der Waals surface area contributed by atoms with Crippen LogP contribution >= 0.6 is 11.6 Å². The monoisotopic (exact) mass is 266 g/mol. The zero-order valence-electron chi connectivity index (χ0n) is 11.5. The van der Waals surface area contributed by atoms with Crippen LogP contribution in [0.2, 0.25) is 5.28 Å². The number of ether oxygens (including phenoxy) is 1. The summed E-state index contributed by atoms with van der Waals surface area (Å²) >= 11 is 5.85.